The van der Waals surface area contributed by atoms with Crippen LogP contribution in [0.4, 0.5) is 0 Å². The molecule has 1 aromatic rings. The van der Waals surface area contributed by atoms with Gasteiger partial charge in [0.25, 0.3) is 5.91 Å². The van der Waals surface area contributed by atoms with Crippen molar-refractivity contribution in [2.75, 3.05) is 0 Å². The molecule has 0 fully saturated rings. The molecular weight excluding hydrogens is 246 g/mol. The Morgan fingerprint density at radius 3 is 2.71 bits per heavy atom. The molecule has 0 spiro atoms. The van der Waals surface area contributed by atoms with Crippen LogP contribution in [-0.2, 0) is 4.79 Å². The lowest BCUT2D eigenvalue weighted by Gasteiger charge is -2.10. The number of amides is 1. The molecule has 5 nitrogen and oxygen atoms in total. The molecule has 1 heterocycles. The lowest BCUT2D eigenvalue weighted by Crippen LogP contribution is -2.33. The second kappa shape index (κ2) is 4.63. The number of halogens is 1. The first-order valence-corrected chi connectivity index (χ1v) is 5.41. The highest BCUT2D eigenvalue weighted by molar-refractivity contribution is 6.29. The van der Waals surface area contributed by atoms with Gasteiger partial charge in [0.2, 0.25) is 0 Å². The molecule has 0 saturated heterocycles. The number of rotatable bonds is 3. The first-order chi connectivity index (χ1) is 8.06. The molecule has 1 aromatic heterocycles. The second-order valence-electron chi connectivity index (χ2n) is 3.75. The van der Waals surface area contributed by atoms with Gasteiger partial charge in [-0.1, -0.05) is 12.2 Å². The van der Waals surface area contributed by atoms with Crippen molar-refractivity contribution in [1.29, 1.82) is 0 Å². The molecule has 1 aliphatic carbocycles. The van der Waals surface area contributed by atoms with Gasteiger partial charge in [0.1, 0.15) is 0 Å². The van der Waals surface area contributed by atoms with Crippen LogP contribution in [0.1, 0.15) is 17.0 Å². The van der Waals surface area contributed by atoms with Crippen LogP contribution in [0.25, 0.3) is 0 Å². The first-order valence-electron chi connectivity index (χ1n) is 5.03. The lowest BCUT2D eigenvalue weighted by atomic mass is 10.1. The summed E-state index contributed by atoms with van der Waals surface area (Å²) in [4.78, 5) is 22.4. The smallest absolute Gasteiger partial charge is 0.310 e. The Morgan fingerprint density at radius 2 is 2.18 bits per heavy atom. The zero-order chi connectivity index (χ0) is 12.4. The number of aliphatic carboxylic acids is 1. The summed E-state index contributed by atoms with van der Waals surface area (Å²) in [5.41, 5.74) is 0. The molecule has 2 atom stereocenters. The van der Waals surface area contributed by atoms with Gasteiger partial charge in [-0.25, -0.2) is 0 Å². The molecule has 2 rings (SSSR count). The lowest BCUT2D eigenvalue weighted by molar-refractivity contribution is -0.140. The summed E-state index contributed by atoms with van der Waals surface area (Å²) in [6.45, 7) is 0. The van der Waals surface area contributed by atoms with E-state index in [2.05, 4.69) is 5.32 Å². The number of carbonyl (C=O) groups is 2. The molecule has 0 aromatic carbocycles. The van der Waals surface area contributed by atoms with Gasteiger partial charge in [-0.05, 0) is 30.2 Å². The SMILES string of the molecule is O=C(NC1C=CC(C(=O)O)C1)c1ccc(Cl)o1. The van der Waals surface area contributed by atoms with Crippen LogP contribution in [0, 0.1) is 5.92 Å². The van der Waals surface area contributed by atoms with Gasteiger partial charge in [-0.3, -0.25) is 9.59 Å². The van der Waals surface area contributed by atoms with Gasteiger partial charge in [-0.15, -0.1) is 0 Å². The molecule has 0 saturated carbocycles. The van der Waals surface area contributed by atoms with Crippen LogP contribution in [0.5, 0.6) is 0 Å². The quantitative estimate of drug-likeness (QED) is 0.806. The predicted molar refractivity (Wildman–Crippen MR) is 59.9 cm³/mol. The molecule has 1 aliphatic rings. The zero-order valence-corrected chi connectivity index (χ0v) is 9.48. The molecule has 2 N–H and O–H groups in total. The number of carboxylic acid groups (broad SMARTS) is 1. The molecule has 0 radical (unpaired) electrons. The molecule has 2 unspecified atom stereocenters. The number of nitrogens with one attached hydrogen (secondary N) is 1. The maximum atomic E-state index is 11.6. The van der Waals surface area contributed by atoms with E-state index in [0.29, 0.717) is 6.42 Å². The van der Waals surface area contributed by atoms with Crippen molar-refractivity contribution in [1.82, 2.24) is 5.32 Å². The van der Waals surface area contributed by atoms with E-state index in [1.807, 2.05) is 0 Å². The van der Waals surface area contributed by atoms with E-state index in [-0.39, 0.29) is 17.0 Å². The zero-order valence-electron chi connectivity index (χ0n) is 8.72. The van der Waals surface area contributed by atoms with E-state index in [1.165, 1.54) is 12.1 Å². The van der Waals surface area contributed by atoms with Crippen molar-refractivity contribution in [2.45, 2.75) is 12.5 Å². The van der Waals surface area contributed by atoms with Gasteiger partial charge < -0.3 is 14.8 Å². The van der Waals surface area contributed by atoms with Crippen molar-refractivity contribution in [3.8, 4) is 0 Å². The standard InChI is InChI=1S/C11H10ClNO4/c12-9-4-3-8(17-9)10(14)13-7-2-1-6(5-7)11(15)16/h1-4,6-7H,5H2,(H,13,14)(H,15,16). The highest BCUT2D eigenvalue weighted by Gasteiger charge is 2.26. The van der Waals surface area contributed by atoms with E-state index in [4.69, 9.17) is 21.1 Å². The van der Waals surface area contributed by atoms with Crippen LogP contribution < -0.4 is 5.32 Å². The largest absolute Gasteiger partial charge is 0.481 e. The third kappa shape index (κ3) is 2.68. The average molecular weight is 256 g/mol. The Bertz CT molecular complexity index is 480. The molecule has 1 amide bonds. The van der Waals surface area contributed by atoms with E-state index in [1.54, 1.807) is 12.2 Å². The summed E-state index contributed by atoms with van der Waals surface area (Å²) in [7, 11) is 0. The predicted octanol–water partition coefficient (Wildman–Crippen LogP) is 1.69. The van der Waals surface area contributed by atoms with Gasteiger partial charge in [0.05, 0.1) is 5.92 Å². The fraction of sp³-hybridized carbons (Fsp3) is 0.273. The summed E-state index contributed by atoms with van der Waals surface area (Å²) in [5.74, 6) is -1.72. The van der Waals surface area contributed by atoms with Crippen molar-refractivity contribution in [3.63, 3.8) is 0 Å². The van der Waals surface area contributed by atoms with Gasteiger partial charge in [0, 0.05) is 6.04 Å². The van der Waals surface area contributed by atoms with E-state index in [0.717, 1.165) is 0 Å². The normalized spacial score (nSPS) is 22.6. The highest BCUT2D eigenvalue weighted by atomic mass is 35.5. The highest BCUT2D eigenvalue weighted by Crippen LogP contribution is 2.19. The summed E-state index contributed by atoms with van der Waals surface area (Å²) in [5, 5.41) is 11.6. The third-order valence-electron chi connectivity index (χ3n) is 2.51. The van der Waals surface area contributed by atoms with E-state index < -0.39 is 17.8 Å². The molecule has 90 valence electrons. The van der Waals surface area contributed by atoms with Gasteiger partial charge in [0.15, 0.2) is 11.0 Å². The molecule has 17 heavy (non-hydrogen) atoms. The fourth-order valence-corrected chi connectivity index (χ4v) is 1.81. The van der Waals surface area contributed by atoms with Crippen LogP contribution in [-0.4, -0.2) is 23.0 Å². The van der Waals surface area contributed by atoms with Crippen LogP contribution in [0.2, 0.25) is 5.22 Å². The Balaban J connectivity index is 1.93. The number of hydrogen-bond acceptors (Lipinski definition) is 3. The number of carbonyl (C=O) groups excluding carboxylic acids is 1. The maximum absolute atomic E-state index is 11.6. The average Bonchev–Trinajstić information content (AvgIpc) is 2.86. The third-order valence-corrected chi connectivity index (χ3v) is 2.72. The monoisotopic (exact) mass is 255 g/mol. The Hall–Kier alpha value is -1.75. The topological polar surface area (TPSA) is 79.5 Å². The van der Waals surface area contributed by atoms with Gasteiger partial charge in [-0.2, -0.15) is 0 Å². The molecule has 0 aliphatic heterocycles. The Morgan fingerprint density at radius 1 is 1.41 bits per heavy atom. The van der Waals surface area contributed by atoms with E-state index in [9.17, 15) is 9.59 Å². The number of carboxylic acids is 1. The van der Waals surface area contributed by atoms with Crippen molar-refractivity contribution < 1.29 is 19.1 Å². The minimum atomic E-state index is -0.890. The Labute approximate surface area is 102 Å². The van der Waals surface area contributed by atoms with E-state index >= 15 is 0 Å². The maximum Gasteiger partial charge on any atom is 0.310 e. The molecule has 0 bridgehead atoms. The summed E-state index contributed by atoms with van der Waals surface area (Å²) in [6, 6.07) is 2.65. The van der Waals surface area contributed by atoms with Crippen molar-refractivity contribution >= 4 is 23.5 Å². The number of furan rings is 1. The minimum Gasteiger partial charge on any atom is -0.481 e. The summed E-state index contributed by atoms with van der Waals surface area (Å²) in [6.07, 6.45) is 3.60. The number of hydrogen-bond donors (Lipinski definition) is 2. The van der Waals surface area contributed by atoms with Crippen molar-refractivity contribution in [2.24, 2.45) is 5.92 Å². The van der Waals surface area contributed by atoms with Crippen LogP contribution in [0.3, 0.4) is 0 Å². The van der Waals surface area contributed by atoms with Crippen molar-refractivity contribution in [3.05, 3.63) is 35.3 Å². The van der Waals surface area contributed by atoms with Crippen LogP contribution in [0.15, 0.2) is 28.7 Å². The molecule has 6 heteroatoms. The fourth-order valence-electron chi connectivity index (χ4n) is 1.66. The van der Waals surface area contributed by atoms with Gasteiger partial charge >= 0.3 is 5.97 Å². The summed E-state index contributed by atoms with van der Waals surface area (Å²) < 4.78 is 4.94. The minimum absolute atomic E-state index is 0.113. The summed E-state index contributed by atoms with van der Waals surface area (Å²) >= 11 is 5.55. The van der Waals surface area contributed by atoms with Crippen LogP contribution >= 0.6 is 11.6 Å². The first kappa shape index (κ1) is 11.7. The molecular formula is C11H10ClNO4. The Kier molecular flexibility index (Phi) is 3.19. The second-order valence-corrected chi connectivity index (χ2v) is 4.12.